The van der Waals surface area contributed by atoms with Gasteiger partial charge in [0.2, 0.25) is 10.0 Å². The summed E-state index contributed by atoms with van der Waals surface area (Å²) >= 11 is 0. The molecule has 1 aromatic carbocycles. The Hall–Kier alpha value is -1.46. The van der Waals surface area contributed by atoms with Gasteiger partial charge in [0.05, 0.1) is 11.4 Å². The third kappa shape index (κ3) is 5.81. The van der Waals surface area contributed by atoms with Crippen LogP contribution in [0.2, 0.25) is 0 Å². The van der Waals surface area contributed by atoms with Crippen LogP contribution in [0.1, 0.15) is 18.4 Å². The highest BCUT2D eigenvalue weighted by molar-refractivity contribution is 7.89. The summed E-state index contributed by atoms with van der Waals surface area (Å²) in [5.74, 6) is 4.56. The molecular formula is C14H19FN2O3S. The van der Waals surface area contributed by atoms with Crippen LogP contribution in [0.15, 0.2) is 23.1 Å². The fourth-order valence-electron chi connectivity index (χ4n) is 1.64. The van der Waals surface area contributed by atoms with Crippen molar-refractivity contribution in [3.05, 3.63) is 29.6 Å². The number of ether oxygens (including phenoxy) is 1. The lowest BCUT2D eigenvalue weighted by atomic mass is 10.2. The maximum Gasteiger partial charge on any atom is 0.241 e. The minimum atomic E-state index is -3.73. The summed E-state index contributed by atoms with van der Waals surface area (Å²) < 4.78 is 45.0. The smallest absolute Gasteiger partial charge is 0.241 e. The third-order valence-corrected chi connectivity index (χ3v) is 4.14. The zero-order valence-electron chi connectivity index (χ0n) is 11.9. The topological polar surface area (TPSA) is 81.4 Å². The number of rotatable bonds is 7. The van der Waals surface area contributed by atoms with Crippen molar-refractivity contribution in [1.29, 1.82) is 0 Å². The normalized spacial score (nSPS) is 11.0. The molecule has 0 saturated carbocycles. The van der Waals surface area contributed by atoms with Gasteiger partial charge in [-0.25, -0.2) is 17.5 Å². The first-order valence-electron chi connectivity index (χ1n) is 6.48. The SMILES string of the molecule is COCCCCNS(=O)(=O)c1ccc(F)cc1C#CCN. The Morgan fingerprint density at radius 2 is 2.14 bits per heavy atom. The number of benzene rings is 1. The Kier molecular flexibility index (Phi) is 7.32. The van der Waals surface area contributed by atoms with E-state index in [2.05, 4.69) is 16.6 Å². The van der Waals surface area contributed by atoms with Crippen LogP contribution in [0, 0.1) is 17.7 Å². The van der Waals surface area contributed by atoms with E-state index in [1.165, 1.54) is 6.07 Å². The maximum atomic E-state index is 13.2. The van der Waals surface area contributed by atoms with Gasteiger partial charge >= 0.3 is 0 Å². The Morgan fingerprint density at radius 3 is 2.81 bits per heavy atom. The van der Waals surface area contributed by atoms with Crippen LogP contribution in [-0.2, 0) is 14.8 Å². The summed E-state index contributed by atoms with van der Waals surface area (Å²) in [5, 5.41) is 0. The average Bonchev–Trinajstić information content (AvgIpc) is 2.44. The van der Waals surface area contributed by atoms with Gasteiger partial charge in [-0.15, -0.1) is 0 Å². The molecule has 0 fully saturated rings. The number of unbranched alkanes of at least 4 members (excludes halogenated alkanes) is 1. The molecule has 0 aromatic heterocycles. The lowest BCUT2D eigenvalue weighted by Crippen LogP contribution is -2.25. The number of hydrogen-bond donors (Lipinski definition) is 2. The molecule has 0 amide bonds. The fraction of sp³-hybridized carbons (Fsp3) is 0.429. The lowest BCUT2D eigenvalue weighted by Gasteiger charge is -2.08. The first kappa shape index (κ1) is 17.6. The van der Waals surface area contributed by atoms with Crippen molar-refractivity contribution in [1.82, 2.24) is 4.72 Å². The number of nitrogens with one attached hydrogen (secondary N) is 1. The van der Waals surface area contributed by atoms with Crippen molar-refractivity contribution in [2.24, 2.45) is 5.73 Å². The minimum absolute atomic E-state index is 0.0448. The van der Waals surface area contributed by atoms with Crippen molar-refractivity contribution in [3.8, 4) is 11.8 Å². The van der Waals surface area contributed by atoms with Crippen LogP contribution in [0.4, 0.5) is 4.39 Å². The van der Waals surface area contributed by atoms with Gasteiger partial charge in [-0.2, -0.15) is 0 Å². The number of hydrogen-bond acceptors (Lipinski definition) is 4. The molecule has 0 bridgehead atoms. The van der Waals surface area contributed by atoms with Crippen molar-refractivity contribution < 1.29 is 17.5 Å². The molecule has 0 aliphatic rings. The molecule has 0 saturated heterocycles. The van der Waals surface area contributed by atoms with Gasteiger partial charge in [0, 0.05) is 25.8 Å². The molecule has 21 heavy (non-hydrogen) atoms. The van der Waals surface area contributed by atoms with Gasteiger partial charge < -0.3 is 10.5 Å². The van der Waals surface area contributed by atoms with E-state index in [1.54, 1.807) is 7.11 Å². The monoisotopic (exact) mass is 314 g/mol. The predicted molar refractivity (Wildman–Crippen MR) is 78.6 cm³/mol. The summed E-state index contributed by atoms with van der Waals surface area (Å²) in [7, 11) is -2.14. The molecule has 0 radical (unpaired) electrons. The quantitative estimate of drug-likeness (QED) is 0.577. The number of methoxy groups -OCH3 is 1. The van der Waals surface area contributed by atoms with Gasteiger partial charge in [0.25, 0.3) is 0 Å². The first-order valence-corrected chi connectivity index (χ1v) is 7.96. The number of nitrogens with two attached hydrogens (primary N) is 1. The van der Waals surface area contributed by atoms with Crippen LogP contribution in [0.3, 0.4) is 0 Å². The fourth-order valence-corrected chi connectivity index (χ4v) is 2.85. The van der Waals surface area contributed by atoms with Crippen LogP contribution >= 0.6 is 0 Å². The van der Waals surface area contributed by atoms with E-state index in [0.717, 1.165) is 18.6 Å². The van der Waals surface area contributed by atoms with Crippen LogP contribution in [-0.4, -0.2) is 35.2 Å². The van der Waals surface area contributed by atoms with Crippen LogP contribution < -0.4 is 10.5 Å². The van der Waals surface area contributed by atoms with Crippen molar-refractivity contribution >= 4 is 10.0 Å². The summed E-state index contributed by atoms with van der Waals surface area (Å²) in [6.45, 7) is 0.929. The summed E-state index contributed by atoms with van der Waals surface area (Å²) in [5.41, 5.74) is 5.36. The molecule has 1 rings (SSSR count). The molecule has 0 unspecified atom stereocenters. The molecule has 116 valence electrons. The zero-order chi connectivity index (χ0) is 15.7. The Morgan fingerprint density at radius 1 is 1.38 bits per heavy atom. The summed E-state index contributed by atoms with van der Waals surface area (Å²) in [6.07, 6.45) is 1.40. The molecule has 0 spiro atoms. The second-order valence-corrected chi connectivity index (χ2v) is 5.98. The molecule has 1 aromatic rings. The second kappa shape index (κ2) is 8.74. The number of sulfonamides is 1. The van der Waals surface area contributed by atoms with Gasteiger partial charge in [-0.3, -0.25) is 0 Å². The highest BCUT2D eigenvalue weighted by Crippen LogP contribution is 2.16. The van der Waals surface area contributed by atoms with E-state index >= 15 is 0 Å². The molecule has 7 heteroatoms. The summed E-state index contributed by atoms with van der Waals surface area (Å²) in [6, 6.07) is 3.38. The largest absolute Gasteiger partial charge is 0.385 e. The van der Waals surface area contributed by atoms with Gasteiger partial charge in [-0.1, -0.05) is 11.8 Å². The second-order valence-electron chi connectivity index (χ2n) is 4.24. The minimum Gasteiger partial charge on any atom is -0.385 e. The van der Waals surface area contributed by atoms with Gasteiger partial charge in [0.1, 0.15) is 5.82 Å². The highest BCUT2D eigenvalue weighted by atomic mass is 32.2. The predicted octanol–water partition coefficient (Wildman–Crippen LogP) is 0.841. The maximum absolute atomic E-state index is 13.2. The van der Waals surface area contributed by atoms with Crippen molar-refractivity contribution in [2.45, 2.75) is 17.7 Å². The highest BCUT2D eigenvalue weighted by Gasteiger charge is 2.17. The molecule has 0 aliphatic carbocycles. The standard InChI is InChI=1S/C14H19FN2O3S/c1-20-10-3-2-9-17-21(18,19)14-7-6-13(15)11-12(14)5-4-8-16/h6-7,11,17H,2-3,8-10,16H2,1H3. The molecule has 0 aliphatic heterocycles. The Balaban J connectivity index is 2.87. The Labute approximate surface area is 124 Å². The molecule has 5 nitrogen and oxygen atoms in total. The van der Waals surface area contributed by atoms with Crippen LogP contribution in [0.25, 0.3) is 0 Å². The first-order chi connectivity index (χ1) is 10.0. The van der Waals surface area contributed by atoms with Crippen molar-refractivity contribution in [2.75, 3.05) is 26.8 Å². The van der Waals surface area contributed by atoms with E-state index in [4.69, 9.17) is 10.5 Å². The number of halogens is 1. The van der Waals surface area contributed by atoms with E-state index in [1.807, 2.05) is 0 Å². The zero-order valence-corrected chi connectivity index (χ0v) is 12.7. The molecule has 0 atom stereocenters. The van der Waals surface area contributed by atoms with E-state index in [0.29, 0.717) is 13.0 Å². The molecular weight excluding hydrogens is 295 g/mol. The van der Waals surface area contributed by atoms with Gasteiger partial charge in [-0.05, 0) is 31.0 Å². The van der Waals surface area contributed by atoms with Crippen molar-refractivity contribution in [3.63, 3.8) is 0 Å². The summed E-state index contributed by atoms with van der Waals surface area (Å²) in [4.78, 5) is -0.0448. The van der Waals surface area contributed by atoms with E-state index in [-0.39, 0.29) is 23.5 Å². The van der Waals surface area contributed by atoms with E-state index < -0.39 is 15.8 Å². The lowest BCUT2D eigenvalue weighted by molar-refractivity contribution is 0.193. The van der Waals surface area contributed by atoms with Gasteiger partial charge in [0.15, 0.2) is 0 Å². The van der Waals surface area contributed by atoms with Crippen LogP contribution in [0.5, 0.6) is 0 Å². The molecule has 3 N–H and O–H groups in total. The Bertz CT molecular complexity index is 621. The molecule has 0 heterocycles. The van der Waals surface area contributed by atoms with E-state index in [9.17, 15) is 12.8 Å². The average molecular weight is 314 g/mol. The third-order valence-electron chi connectivity index (χ3n) is 2.62.